The average Bonchev–Trinajstić information content (AvgIpc) is 2.38. The molecular formula is C14H16ClN3O. The van der Waals surface area contributed by atoms with E-state index in [4.69, 9.17) is 16.3 Å². The van der Waals surface area contributed by atoms with Gasteiger partial charge in [-0.2, -0.15) is 0 Å². The lowest BCUT2D eigenvalue weighted by molar-refractivity contribution is 0.315. The van der Waals surface area contributed by atoms with Crippen molar-refractivity contribution >= 4 is 17.4 Å². The molecule has 2 rings (SSSR count). The number of nitrogens with zero attached hydrogens (tertiary/aromatic N) is 2. The summed E-state index contributed by atoms with van der Waals surface area (Å²) in [6.07, 6.45) is 0.884. The molecule has 1 aromatic heterocycles. The van der Waals surface area contributed by atoms with Crippen molar-refractivity contribution in [2.45, 2.75) is 13.3 Å². The number of halogens is 1. The molecule has 0 fully saturated rings. The van der Waals surface area contributed by atoms with Crippen LogP contribution in [0.5, 0.6) is 5.75 Å². The standard InChI is InChI=1S/C14H16ClN3O/c1-11-10-13(18-14(15)17-11)16-8-5-9-19-12-6-3-2-4-7-12/h2-4,6-7,10H,5,8-9H2,1H3,(H,16,17,18). The Labute approximate surface area is 117 Å². The predicted molar refractivity (Wildman–Crippen MR) is 76.8 cm³/mol. The van der Waals surface area contributed by atoms with E-state index in [1.54, 1.807) is 0 Å². The Morgan fingerprint density at radius 1 is 1.21 bits per heavy atom. The molecule has 0 amide bonds. The number of ether oxygens (including phenoxy) is 1. The molecule has 0 saturated carbocycles. The molecule has 1 heterocycles. The summed E-state index contributed by atoms with van der Waals surface area (Å²) >= 11 is 5.78. The predicted octanol–water partition coefficient (Wildman–Crippen LogP) is 3.32. The molecule has 5 heteroatoms. The molecule has 1 N–H and O–H groups in total. The lowest BCUT2D eigenvalue weighted by Crippen LogP contribution is -2.08. The number of rotatable bonds is 6. The van der Waals surface area contributed by atoms with E-state index in [0.29, 0.717) is 6.61 Å². The van der Waals surface area contributed by atoms with Crippen molar-refractivity contribution in [2.75, 3.05) is 18.5 Å². The van der Waals surface area contributed by atoms with Crippen molar-refractivity contribution in [3.63, 3.8) is 0 Å². The number of nitrogens with one attached hydrogen (secondary N) is 1. The van der Waals surface area contributed by atoms with Gasteiger partial charge in [-0.25, -0.2) is 9.97 Å². The Kier molecular flexibility index (Phi) is 4.98. The number of benzene rings is 1. The summed E-state index contributed by atoms with van der Waals surface area (Å²) in [6, 6.07) is 11.6. The van der Waals surface area contributed by atoms with Gasteiger partial charge in [-0.15, -0.1) is 0 Å². The normalized spacial score (nSPS) is 10.2. The molecule has 4 nitrogen and oxygen atoms in total. The fourth-order valence-corrected chi connectivity index (χ4v) is 1.84. The van der Waals surface area contributed by atoms with Gasteiger partial charge in [0.05, 0.1) is 6.61 Å². The Bertz CT molecular complexity index is 499. The van der Waals surface area contributed by atoms with Gasteiger partial charge < -0.3 is 10.1 Å². The third kappa shape index (κ3) is 4.75. The maximum Gasteiger partial charge on any atom is 0.224 e. The van der Waals surface area contributed by atoms with Gasteiger partial charge in [-0.3, -0.25) is 0 Å². The second kappa shape index (κ2) is 6.95. The summed E-state index contributed by atoms with van der Waals surface area (Å²) in [7, 11) is 0. The van der Waals surface area contributed by atoms with Crippen LogP contribution in [0.1, 0.15) is 12.1 Å². The molecule has 0 aliphatic heterocycles. The van der Waals surface area contributed by atoms with Gasteiger partial charge in [0, 0.05) is 18.3 Å². The van der Waals surface area contributed by atoms with Crippen molar-refractivity contribution < 1.29 is 4.74 Å². The molecule has 0 spiro atoms. The molecule has 0 saturated heterocycles. The van der Waals surface area contributed by atoms with Crippen LogP contribution in [0.25, 0.3) is 0 Å². The van der Waals surface area contributed by atoms with Gasteiger partial charge >= 0.3 is 0 Å². The number of hydrogen-bond donors (Lipinski definition) is 1. The second-order valence-corrected chi connectivity index (χ2v) is 4.44. The molecule has 0 unspecified atom stereocenters. The number of aryl methyl sites for hydroxylation is 1. The summed E-state index contributed by atoms with van der Waals surface area (Å²) in [4.78, 5) is 8.10. The molecule has 100 valence electrons. The maximum atomic E-state index is 5.78. The molecule has 0 atom stereocenters. The van der Waals surface area contributed by atoms with Crippen LogP contribution in [0, 0.1) is 6.92 Å². The second-order valence-electron chi connectivity index (χ2n) is 4.11. The van der Waals surface area contributed by atoms with Gasteiger partial charge in [-0.05, 0) is 37.1 Å². The average molecular weight is 278 g/mol. The topological polar surface area (TPSA) is 47.0 Å². The first-order valence-electron chi connectivity index (χ1n) is 6.17. The first kappa shape index (κ1) is 13.6. The van der Waals surface area contributed by atoms with E-state index in [1.165, 1.54) is 0 Å². The molecule has 2 aromatic rings. The number of hydrogen-bond acceptors (Lipinski definition) is 4. The van der Waals surface area contributed by atoms with Crippen molar-refractivity contribution in [1.82, 2.24) is 9.97 Å². The van der Waals surface area contributed by atoms with Gasteiger partial charge in [0.1, 0.15) is 11.6 Å². The Hall–Kier alpha value is -1.81. The Morgan fingerprint density at radius 3 is 2.74 bits per heavy atom. The Morgan fingerprint density at radius 2 is 2.00 bits per heavy atom. The van der Waals surface area contributed by atoms with Gasteiger partial charge in [0.25, 0.3) is 0 Å². The largest absolute Gasteiger partial charge is 0.494 e. The van der Waals surface area contributed by atoms with Crippen molar-refractivity contribution in [2.24, 2.45) is 0 Å². The molecule has 0 aliphatic rings. The van der Waals surface area contributed by atoms with Crippen LogP contribution in [-0.4, -0.2) is 23.1 Å². The highest BCUT2D eigenvalue weighted by atomic mass is 35.5. The molecule has 19 heavy (non-hydrogen) atoms. The van der Waals surface area contributed by atoms with Crippen molar-refractivity contribution in [3.05, 3.63) is 47.4 Å². The van der Waals surface area contributed by atoms with E-state index in [2.05, 4.69) is 15.3 Å². The Balaban J connectivity index is 1.69. The highest BCUT2D eigenvalue weighted by molar-refractivity contribution is 6.28. The van der Waals surface area contributed by atoms with Gasteiger partial charge in [0.2, 0.25) is 5.28 Å². The molecular weight excluding hydrogens is 262 g/mol. The number of para-hydroxylation sites is 1. The summed E-state index contributed by atoms with van der Waals surface area (Å²) < 4.78 is 5.59. The van der Waals surface area contributed by atoms with Crippen LogP contribution in [0.2, 0.25) is 5.28 Å². The maximum absolute atomic E-state index is 5.78. The minimum Gasteiger partial charge on any atom is -0.494 e. The lowest BCUT2D eigenvalue weighted by Gasteiger charge is -2.08. The smallest absolute Gasteiger partial charge is 0.224 e. The monoisotopic (exact) mass is 277 g/mol. The van der Waals surface area contributed by atoms with E-state index in [1.807, 2.05) is 43.3 Å². The SMILES string of the molecule is Cc1cc(NCCCOc2ccccc2)nc(Cl)n1. The minimum absolute atomic E-state index is 0.267. The molecule has 0 aliphatic carbocycles. The van der Waals surface area contributed by atoms with Crippen LogP contribution in [0.3, 0.4) is 0 Å². The van der Waals surface area contributed by atoms with Crippen molar-refractivity contribution in [1.29, 1.82) is 0 Å². The summed E-state index contributed by atoms with van der Waals surface area (Å²) in [6.45, 7) is 3.33. The fraction of sp³-hybridized carbons (Fsp3) is 0.286. The zero-order valence-corrected chi connectivity index (χ0v) is 11.5. The third-order valence-electron chi connectivity index (χ3n) is 2.47. The summed E-state index contributed by atoms with van der Waals surface area (Å²) in [5.41, 5.74) is 0.850. The van der Waals surface area contributed by atoms with Crippen LogP contribution in [0.4, 0.5) is 5.82 Å². The lowest BCUT2D eigenvalue weighted by atomic mass is 10.3. The molecule has 0 radical (unpaired) electrons. The van der Waals surface area contributed by atoms with Crippen LogP contribution >= 0.6 is 11.6 Å². The van der Waals surface area contributed by atoms with Gasteiger partial charge in [0.15, 0.2) is 0 Å². The molecule has 0 bridgehead atoms. The van der Waals surface area contributed by atoms with Gasteiger partial charge in [-0.1, -0.05) is 18.2 Å². The quantitative estimate of drug-likeness (QED) is 0.650. The number of anilines is 1. The molecule has 1 aromatic carbocycles. The van der Waals surface area contributed by atoms with Crippen molar-refractivity contribution in [3.8, 4) is 5.75 Å². The highest BCUT2D eigenvalue weighted by Crippen LogP contribution is 2.10. The van der Waals surface area contributed by atoms with E-state index >= 15 is 0 Å². The van der Waals surface area contributed by atoms with E-state index in [0.717, 1.165) is 30.2 Å². The van der Waals surface area contributed by atoms with E-state index in [-0.39, 0.29) is 5.28 Å². The zero-order valence-electron chi connectivity index (χ0n) is 10.8. The van der Waals surface area contributed by atoms with E-state index < -0.39 is 0 Å². The zero-order chi connectivity index (χ0) is 13.5. The van der Waals surface area contributed by atoms with Crippen LogP contribution < -0.4 is 10.1 Å². The summed E-state index contributed by atoms with van der Waals surface area (Å²) in [5.74, 6) is 1.64. The first-order valence-corrected chi connectivity index (χ1v) is 6.55. The summed E-state index contributed by atoms with van der Waals surface area (Å²) in [5, 5.41) is 3.46. The third-order valence-corrected chi connectivity index (χ3v) is 2.64. The van der Waals surface area contributed by atoms with E-state index in [9.17, 15) is 0 Å². The minimum atomic E-state index is 0.267. The van der Waals surface area contributed by atoms with Crippen LogP contribution in [-0.2, 0) is 0 Å². The fourth-order valence-electron chi connectivity index (χ4n) is 1.62. The first-order chi connectivity index (χ1) is 9.24. The highest BCUT2D eigenvalue weighted by Gasteiger charge is 1.99. The van der Waals surface area contributed by atoms with Crippen LogP contribution in [0.15, 0.2) is 36.4 Å². The number of aromatic nitrogens is 2.